The van der Waals surface area contributed by atoms with Crippen molar-refractivity contribution in [2.45, 2.75) is 47.1 Å². The van der Waals surface area contributed by atoms with Gasteiger partial charge >= 0.3 is 0 Å². The Morgan fingerprint density at radius 1 is 1.00 bits per heavy atom. The summed E-state index contributed by atoms with van der Waals surface area (Å²) in [6.07, 6.45) is 1.11. The molecular weight excluding hydrogens is 264 g/mol. The highest BCUT2D eigenvalue weighted by molar-refractivity contribution is 5.45. The molecule has 0 aliphatic rings. The van der Waals surface area contributed by atoms with Gasteiger partial charge in [-0.15, -0.1) is 0 Å². The molecule has 1 aromatic rings. The third-order valence-electron chi connectivity index (χ3n) is 3.67. The summed E-state index contributed by atoms with van der Waals surface area (Å²) in [5.41, 5.74) is 0. The predicted octanol–water partition coefficient (Wildman–Crippen LogP) is 2.63. The maximum atomic E-state index is 4.64. The van der Waals surface area contributed by atoms with E-state index in [0.717, 1.165) is 31.4 Å². The van der Waals surface area contributed by atoms with Crippen molar-refractivity contribution in [2.24, 2.45) is 5.92 Å². The van der Waals surface area contributed by atoms with Crippen molar-refractivity contribution in [3.8, 4) is 0 Å². The van der Waals surface area contributed by atoms with Gasteiger partial charge in [0.05, 0.1) is 0 Å². The monoisotopic (exact) mass is 294 g/mol. The standard InChI is InChI=1S/C15H30N6/c1-8-21(9-2)15-18-13(16-6)17-14(19-15)20(7)12(5)10-11(3)4/h11-12H,8-10H2,1-7H3,(H,16,17,18,19). The lowest BCUT2D eigenvalue weighted by molar-refractivity contribution is 0.499. The van der Waals surface area contributed by atoms with Crippen LogP contribution in [0.5, 0.6) is 0 Å². The SMILES string of the molecule is CCN(CC)c1nc(NC)nc(N(C)C(C)CC(C)C)n1. The van der Waals surface area contributed by atoms with Crippen LogP contribution >= 0.6 is 0 Å². The molecule has 0 saturated heterocycles. The Kier molecular flexibility index (Phi) is 6.65. The smallest absolute Gasteiger partial charge is 0.231 e. The van der Waals surface area contributed by atoms with Crippen LogP contribution in [0.25, 0.3) is 0 Å². The van der Waals surface area contributed by atoms with E-state index in [4.69, 9.17) is 0 Å². The molecule has 6 nitrogen and oxygen atoms in total. The fourth-order valence-corrected chi connectivity index (χ4v) is 2.31. The van der Waals surface area contributed by atoms with Gasteiger partial charge in [-0.05, 0) is 33.1 Å². The number of rotatable bonds is 8. The average molecular weight is 294 g/mol. The van der Waals surface area contributed by atoms with Gasteiger partial charge in [-0.2, -0.15) is 15.0 Å². The molecule has 120 valence electrons. The summed E-state index contributed by atoms with van der Waals surface area (Å²) in [6, 6.07) is 0.390. The third kappa shape index (κ3) is 4.72. The van der Waals surface area contributed by atoms with Crippen LogP contribution in [0.4, 0.5) is 17.8 Å². The van der Waals surface area contributed by atoms with Crippen LogP contribution in [0.15, 0.2) is 0 Å². The Morgan fingerprint density at radius 3 is 2.05 bits per heavy atom. The average Bonchev–Trinajstić information content (AvgIpc) is 2.46. The Hall–Kier alpha value is -1.59. The van der Waals surface area contributed by atoms with E-state index in [2.05, 4.69) is 64.7 Å². The van der Waals surface area contributed by atoms with E-state index in [1.165, 1.54) is 0 Å². The third-order valence-corrected chi connectivity index (χ3v) is 3.67. The van der Waals surface area contributed by atoms with Crippen LogP contribution in [0.2, 0.25) is 0 Å². The van der Waals surface area contributed by atoms with Gasteiger partial charge in [0.15, 0.2) is 0 Å². The molecule has 1 heterocycles. The molecule has 0 aliphatic heterocycles. The summed E-state index contributed by atoms with van der Waals surface area (Å²) in [5.74, 6) is 2.73. The van der Waals surface area contributed by atoms with Crippen molar-refractivity contribution in [3.05, 3.63) is 0 Å². The highest BCUT2D eigenvalue weighted by Gasteiger charge is 2.17. The van der Waals surface area contributed by atoms with E-state index in [1.54, 1.807) is 0 Å². The first kappa shape index (κ1) is 17.5. The topological polar surface area (TPSA) is 57.2 Å². The molecule has 1 rings (SSSR count). The molecule has 0 bridgehead atoms. The number of hydrogen-bond donors (Lipinski definition) is 1. The van der Waals surface area contributed by atoms with Crippen molar-refractivity contribution >= 4 is 17.8 Å². The van der Waals surface area contributed by atoms with Crippen LogP contribution in [0, 0.1) is 5.92 Å². The number of hydrogen-bond acceptors (Lipinski definition) is 6. The second-order valence-corrected chi connectivity index (χ2v) is 5.77. The summed E-state index contributed by atoms with van der Waals surface area (Å²) in [6.45, 7) is 12.7. The highest BCUT2D eigenvalue weighted by atomic mass is 15.4. The molecule has 1 unspecified atom stereocenters. The minimum Gasteiger partial charge on any atom is -0.357 e. The Bertz CT molecular complexity index is 430. The highest BCUT2D eigenvalue weighted by Crippen LogP contribution is 2.19. The second kappa shape index (κ2) is 8.00. The van der Waals surface area contributed by atoms with E-state index >= 15 is 0 Å². The van der Waals surface area contributed by atoms with Gasteiger partial charge in [0.25, 0.3) is 0 Å². The lowest BCUT2D eigenvalue weighted by atomic mass is 10.0. The number of aromatic nitrogens is 3. The molecule has 0 amide bonds. The quantitative estimate of drug-likeness (QED) is 0.795. The zero-order valence-corrected chi connectivity index (χ0v) is 14.5. The van der Waals surface area contributed by atoms with Crippen molar-refractivity contribution in [1.82, 2.24) is 15.0 Å². The largest absolute Gasteiger partial charge is 0.357 e. The molecule has 0 fully saturated rings. The summed E-state index contributed by atoms with van der Waals surface area (Å²) >= 11 is 0. The number of anilines is 3. The lowest BCUT2D eigenvalue weighted by Gasteiger charge is -2.27. The van der Waals surface area contributed by atoms with Crippen LogP contribution < -0.4 is 15.1 Å². The van der Waals surface area contributed by atoms with Gasteiger partial charge in [0.2, 0.25) is 17.8 Å². The van der Waals surface area contributed by atoms with E-state index in [1.807, 2.05) is 14.1 Å². The summed E-state index contributed by atoms with van der Waals surface area (Å²) in [5, 5.41) is 3.03. The number of nitrogens with one attached hydrogen (secondary N) is 1. The fourth-order valence-electron chi connectivity index (χ4n) is 2.31. The molecule has 0 saturated carbocycles. The van der Waals surface area contributed by atoms with E-state index in [0.29, 0.717) is 17.9 Å². The number of nitrogens with zero attached hydrogens (tertiary/aromatic N) is 5. The van der Waals surface area contributed by atoms with Crippen molar-refractivity contribution < 1.29 is 0 Å². The zero-order chi connectivity index (χ0) is 16.0. The minimum absolute atomic E-state index is 0.390. The molecule has 0 radical (unpaired) electrons. The van der Waals surface area contributed by atoms with Gasteiger partial charge in [0, 0.05) is 33.2 Å². The van der Waals surface area contributed by atoms with Crippen LogP contribution in [0.3, 0.4) is 0 Å². The maximum absolute atomic E-state index is 4.64. The first-order valence-electron chi connectivity index (χ1n) is 7.84. The zero-order valence-electron chi connectivity index (χ0n) is 14.5. The summed E-state index contributed by atoms with van der Waals surface area (Å²) < 4.78 is 0. The Labute approximate surface area is 129 Å². The van der Waals surface area contributed by atoms with Crippen molar-refractivity contribution in [3.63, 3.8) is 0 Å². The molecule has 21 heavy (non-hydrogen) atoms. The minimum atomic E-state index is 0.390. The molecular formula is C15H30N6. The Morgan fingerprint density at radius 2 is 1.57 bits per heavy atom. The van der Waals surface area contributed by atoms with Crippen molar-refractivity contribution in [2.75, 3.05) is 42.3 Å². The first-order chi connectivity index (χ1) is 9.92. The summed E-state index contributed by atoms with van der Waals surface area (Å²) in [7, 11) is 3.89. The van der Waals surface area contributed by atoms with Gasteiger partial charge < -0.3 is 15.1 Å². The molecule has 0 aliphatic carbocycles. The normalized spacial score (nSPS) is 12.4. The van der Waals surface area contributed by atoms with Gasteiger partial charge in [0.1, 0.15) is 0 Å². The summed E-state index contributed by atoms with van der Waals surface area (Å²) in [4.78, 5) is 17.9. The molecule has 1 aromatic heterocycles. The van der Waals surface area contributed by atoms with Crippen LogP contribution in [-0.2, 0) is 0 Å². The van der Waals surface area contributed by atoms with E-state index in [-0.39, 0.29) is 0 Å². The van der Waals surface area contributed by atoms with Crippen molar-refractivity contribution in [1.29, 1.82) is 0 Å². The molecule has 6 heteroatoms. The van der Waals surface area contributed by atoms with Crippen LogP contribution in [0.1, 0.15) is 41.0 Å². The maximum Gasteiger partial charge on any atom is 0.231 e. The van der Waals surface area contributed by atoms with E-state index < -0.39 is 0 Å². The molecule has 1 atom stereocenters. The van der Waals surface area contributed by atoms with E-state index in [9.17, 15) is 0 Å². The van der Waals surface area contributed by atoms with Gasteiger partial charge in [-0.3, -0.25) is 0 Å². The Balaban J connectivity index is 3.08. The van der Waals surface area contributed by atoms with Gasteiger partial charge in [-0.1, -0.05) is 13.8 Å². The lowest BCUT2D eigenvalue weighted by Crippen LogP contribution is -2.33. The second-order valence-electron chi connectivity index (χ2n) is 5.77. The molecule has 0 aromatic carbocycles. The van der Waals surface area contributed by atoms with Gasteiger partial charge in [-0.25, -0.2) is 0 Å². The predicted molar refractivity (Wildman–Crippen MR) is 90.3 cm³/mol. The molecule has 1 N–H and O–H groups in total. The fraction of sp³-hybridized carbons (Fsp3) is 0.800. The molecule has 0 spiro atoms. The first-order valence-corrected chi connectivity index (χ1v) is 7.84. The van der Waals surface area contributed by atoms with Crippen LogP contribution in [-0.4, -0.2) is 48.2 Å².